The van der Waals surface area contributed by atoms with E-state index in [4.69, 9.17) is 14.2 Å². The molecule has 0 atom stereocenters. The number of carbonyl (C=O) groups is 2. The molecule has 6 nitrogen and oxygen atoms in total. The van der Waals surface area contributed by atoms with Gasteiger partial charge in [-0.25, -0.2) is 4.79 Å². The molecular weight excluding hydrogens is 310 g/mol. The minimum Gasteiger partial charge on any atom is -0.454 e. The molecule has 2 aromatic rings. The summed E-state index contributed by atoms with van der Waals surface area (Å²) in [5.41, 5.74) is 2.10. The Hall–Kier alpha value is -3.02. The molecule has 0 spiro atoms. The van der Waals surface area contributed by atoms with Gasteiger partial charge in [-0.05, 0) is 36.2 Å². The maximum absolute atomic E-state index is 11.9. The predicted molar refractivity (Wildman–Crippen MR) is 87.3 cm³/mol. The highest BCUT2D eigenvalue weighted by molar-refractivity contribution is 5.95. The van der Waals surface area contributed by atoms with Crippen molar-refractivity contribution in [3.8, 4) is 11.5 Å². The number of amides is 1. The smallest absolute Gasteiger partial charge is 0.338 e. The normalized spacial score (nSPS) is 11.9. The average molecular weight is 327 g/mol. The number of anilines is 1. The summed E-state index contributed by atoms with van der Waals surface area (Å²) in [6.45, 7) is 1.85. The van der Waals surface area contributed by atoms with Gasteiger partial charge in [0.05, 0.1) is 5.56 Å². The standard InChI is InChI=1S/C18H17NO5/c1-2-12-3-5-13(6-4-12)18(21)22-10-17(20)19-14-7-8-15-16(9-14)24-11-23-15/h3-9H,2,10-11H2,1H3,(H,19,20). The molecule has 0 bridgehead atoms. The zero-order valence-electron chi connectivity index (χ0n) is 13.2. The van der Waals surface area contributed by atoms with E-state index in [-0.39, 0.29) is 13.4 Å². The Labute approximate surface area is 139 Å². The van der Waals surface area contributed by atoms with Gasteiger partial charge in [-0.1, -0.05) is 19.1 Å². The fourth-order valence-corrected chi connectivity index (χ4v) is 2.26. The molecule has 0 aromatic heterocycles. The Balaban J connectivity index is 1.52. The summed E-state index contributed by atoms with van der Waals surface area (Å²) in [5.74, 6) is 0.252. The molecule has 0 radical (unpaired) electrons. The Morgan fingerprint density at radius 3 is 2.58 bits per heavy atom. The number of rotatable bonds is 5. The fraction of sp³-hybridized carbons (Fsp3) is 0.222. The summed E-state index contributed by atoms with van der Waals surface area (Å²) in [6, 6.07) is 12.2. The second-order valence-corrected chi connectivity index (χ2v) is 5.24. The van der Waals surface area contributed by atoms with Crippen LogP contribution in [-0.2, 0) is 16.0 Å². The topological polar surface area (TPSA) is 73.9 Å². The minimum absolute atomic E-state index is 0.168. The number of fused-ring (bicyclic) bond motifs is 1. The van der Waals surface area contributed by atoms with E-state index in [1.165, 1.54) is 0 Å². The molecule has 0 saturated heterocycles. The quantitative estimate of drug-likeness (QED) is 0.855. The van der Waals surface area contributed by atoms with Crippen LogP contribution in [0.2, 0.25) is 0 Å². The van der Waals surface area contributed by atoms with Gasteiger partial charge in [0.2, 0.25) is 6.79 Å². The largest absolute Gasteiger partial charge is 0.454 e. The number of ether oxygens (including phenoxy) is 3. The molecule has 0 unspecified atom stereocenters. The molecule has 0 fully saturated rings. The number of nitrogens with one attached hydrogen (secondary N) is 1. The number of hydrogen-bond donors (Lipinski definition) is 1. The van der Waals surface area contributed by atoms with Crippen molar-refractivity contribution in [3.05, 3.63) is 53.6 Å². The van der Waals surface area contributed by atoms with Crippen LogP contribution in [0.3, 0.4) is 0 Å². The lowest BCUT2D eigenvalue weighted by atomic mass is 10.1. The summed E-state index contributed by atoms with van der Waals surface area (Å²) in [6.07, 6.45) is 0.896. The molecule has 124 valence electrons. The number of carbonyl (C=O) groups excluding carboxylic acids is 2. The van der Waals surface area contributed by atoms with Gasteiger partial charge in [0.25, 0.3) is 5.91 Å². The number of hydrogen-bond acceptors (Lipinski definition) is 5. The Morgan fingerprint density at radius 1 is 1.08 bits per heavy atom. The highest BCUT2D eigenvalue weighted by Gasteiger charge is 2.15. The van der Waals surface area contributed by atoms with Crippen molar-refractivity contribution in [2.75, 3.05) is 18.7 Å². The first-order chi connectivity index (χ1) is 11.7. The third-order valence-corrected chi connectivity index (χ3v) is 3.59. The second kappa shape index (κ2) is 7.04. The fourth-order valence-electron chi connectivity index (χ4n) is 2.26. The first-order valence-corrected chi connectivity index (χ1v) is 7.61. The highest BCUT2D eigenvalue weighted by atomic mass is 16.7. The monoisotopic (exact) mass is 327 g/mol. The maximum Gasteiger partial charge on any atom is 0.338 e. The molecule has 6 heteroatoms. The van der Waals surface area contributed by atoms with Gasteiger partial charge in [0.15, 0.2) is 18.1 Å². The van der Waals surface area contributed by atoms with Crippen LogP contribution in [0.4, 0.5) is 5.69 Å². The van der Waals surface area contributed by atoms with Crippen molar-refractivity contribution in [1.29, 1.82) is 0 Å². The molecule has 2 aromatic carbocycles. The van der Waals surface area contributed by atoms with E-state index in [9.17, 15) is 9.59 Å². The third-order valence-electron chi connectivity index (χ3n) is 3.59. The predicted octanol–water partition coefficient (Wildman–Crippen LogP) is 2.77. The highest BCUT2D eigenvalue weighted by Crippen LogP contribution is 2.34. The zero-order valence-corrected chi connectivity index (χ0v) is 13.2. The van der Waals surface area contributed by atoms with E-state index in [1.54, 1.807) is 30.3 Å². The summed E-state index contributed by atoms with van der Waals surface area (Å²) < 4.78 is 15.5. The Morgan fingerprint density at radius 2 is 1.83 bits per heavy atom. The van der Waals surface area contributed by atoms with Gasteiger partial charge in [-0.2, -0.15) is 0 Å². The summed E-state index contributed by atoms with van der Waals surface area (Å²) in [4.78, 5) is 23.8. The zero-order chi connectivity index (χ0) is 16.9. The van der Waals surface area contributed by atoms with Crippen LogP contribution in [0.25, 0.3) is 0 Å². The maximum atomic E-state index is 11.9. The van der Waals surface area contributed by atoms with Crippen molar-refractivity contribution in [1.82, 2.24) is 0 Å². The van der Waals surface area contributed by atoms with E-state index in [1.807, 2.05) is 19.1 Å². The third kappa shape index (κ3) is 3.65. The van der Waals surface area contributed by atoms with E-state index in [0.29, 0.717) is 22.7 Å². The molecule has 0 aliphatic carbocycles. The van der Waals surface area contributed by atoms with Crippen LogP contribution >= 0.6 is 0 Å². The van der Waals surface area contributed by atoms with Crippen molar-refractivity contribution in [2.24, 2.45) is 0 Å². The molecule has 24 heavy (non-hydrogen) atoms. The Kier molecular flexibility index (Phi) is 4.65. The van der Waals surface area contributed by atoms with Crippen molar-refractivity contribution >= 4 is 17.6 Å². The SMILES string of the molecule is CCc1ccc(C(=O)OCC(=O)Nc2ccc3c(c2)OCO3)cc1. The lowest BCUT2D eigenvalue weighted by Gasteiger charge is -2.07. The summed E-state index contributed by atoms with van der Waals surface area (Å²) >= 11 is 0. The molecular formula is C18H17NO5. The van der Waals surface area contributed by atoms with Gasteiger partial charge in [0, 0.05) is 11.8 Å². The number of aryl methyl sites for hydroxylation is 1. The summed E-state index contributed by atoms with van der Waals surface area (Å²) in [7, 11) is 0. The average Bonchev–Trinajstić information content (AvgIpc) is 3.07. The van der Waals surface area contributed by atoms with Crippen molar-refractivity contribution in [3.63, 3.8) is 0 Å². The molecule has 1 heterocycles. The minimum atomic E-state index is -0.529. The van der Waals surface area contributed by atoms with Gasteiger partial charge in [0.1, 0.15) is 0 Å². The van der Waals surface area contributed by atoms with Crippen molar-refractivity contribution in [2.45, 2.75) is 13.3 Å². The van der Waals surface area contributed by atoms with Crippen LogP contribution < -0.4 is 14.8 Å². The molecule has 0 saturated carbocycles. The van der Waals surface area contributed by atoms with Crippen LogP contribution in [0.15, 0.2) is 42.5 Å². The Bertz CT molecular complexity index is 755. The lowest BCUT2D eigenvalue weighted by molar-refractivity contribution is -0.119. The van der Waals surface area contributed by atoms with Crippen LogP contribution in [0.1, 0.15) is 22.8 Å². The first kappa shape index (κ1) is 15.9. The first-order valence-electron chi connectivity index (χ1n) is 7.61. The molecule has 1 aliphatic heterocycles. The lowest BCUT2D eigenvalue weighted by Crippen LogP contribution is -2.20. The van der Waals surface area contributed by atoms with Gasteiger partial charge < -0.3 is 19.5 Å². The molecule has 1 amide bonds. The van der Waals surface area contributed by atoms with Gasteiger partial charge in [-0.3, -0.25) is 4.79 Å². The summed E-state index contributed by atoms with van der Waals surface area (Å²) in [5, 5.41) is 2.64. The number of esters is 1. The molecule has 1 aliphatic rings. The van der Waals surface area contributed by atoms with Crippen molar-refractivity contribution < 1.29 is 23.8 Å². The second-order valence-electron chi connectivity index (χ2n) is 5.24. The van der Waals surface area contributed by atoms with Crippen LogP contribution in [0.5, 0.6) is 11.5 Å². The molecule has 1 N–H and O–H groups in total. The van der Waals surface area contributed by atoms with E-state index in [2.05, 4.69) is 5.32 Å². The van der Waals surface area contributed by atoms with Crippen LogP contribution in [-0.4, -0.2) is 25.3 Å². The van der Waals surface area contributed by atoms with E-state index in [0.717, 1.165) is 12.0 Å². The van der Waals surface area contributed by atoms with E-state index < -0.39 is 11.9 Å². The van der Waals surface area contributed by atoms with Gasteiger partial charge in [-0.15, -0.1) is 0 Å². The van der Waals surface area contributed by atoms with Crippen LogP contribution in [0, 0.1) is 0 Å². The van der Waals surface area contributed by atoms with Gasteiger partial charge >= 0.3 is 5.97 Å². The molecule has 3 rings (SSSR count). The number of benzene rings is 2. The van der Waals surface area contributed by atoms with E-state index >= 15 is 0 Å².